The zero-order valence-corrected chi connectivity index (χ0v) is 11.0. The summed E-state index contributed by atoms with van der Waals surface area (Å²) < 4.78 is 0. The Labute approximate surface area is 109 Å². The van der Waals surface area contributed by atoms with E-state index in [4.69, 9.17) is 0 Å². The van der Waals surface area contributed by atoms with Crippen LogP contribution >= 0.6 is 0 Å². The maximum absolute atomic E-state index is 12.7. The second-order valence-corrected chi connectivity index (χ2v) is 6.36. The van der Waals surface area contributed by atoms with E-state index in [-0.39, 0.29) is 5.92 Å². The molecule has 0 radical (unpaired) electrons. The number of hydrogen-bond donors (Lipinski definition) is 0. The fourth-order valence-electron chi connectivity index (χ4n) is 4.56. The molecule has 98 valence electrons. The molecule has 0 aromatic rings. The molecule has 3 heteroatoms. The minimum atomic E-state index is 0.207. The molecule has 0 spiro atoms. The summed E-state index contributed by atoms with van der Waals surface area (Å²) in [4.78, 5) is 17.4. The molecule has 3 fully saturated rings. The van der Waals surface area contributed by atoms with Gasteiger partial charge in [-0.15, -0.1) is 0 Å². The first-order valence-electron chi connectivity index (χ1n) is 7.60. The molecule has 0 N–H and O–H groups in total. The normalized spacial score (nSPS) is 39.0. The van der Waals surface area contributed by atoms with E-state index < -0.39 is 0 Å². The quantitative estimate of drug-likeness (QED) is 0.652. The molecular formula is C15H22N2O. The summed E-state index contributed by atoms with van der Waals surface area (Å²) in [6.45, 7) is 3.40. The van der Waals surface area contributed by atoms with Crippen molar-refractivity contribution in [3.05, 3.63) is 11.8 Å². The Balaban J connectivity index is 1.69. The summed E-state index contributed by atoms with van der Waals surface area (Å²) in [6.07, 6.45) is 9.68. The molecule has 3 nitrogen and oxygen atoms in total. The molecule has 2 bridgehead atoms. The van der Waals surface area contributed by atoms with Gasteiger partial charge < -0.3 is 9.80 Å². The maximum Gasteiger partial charge on any atom is 0.231 e. The number of amides is 1. The third-order valence-electron chi connectivity index (χ3n) is 5.38. The second-order valence-electron chi connectivity index (χ2n) is 6.36. The van der Waals surface area contributed by atoms with Crippen LogP contribution in [0.1, 0.15) is 38.5 Å². The summed E-state index contributed by atoms with van der Waals surface area (Å²) in [5.41, 5.74) is 1.37. The molecule has 0 aliphatic carbocycles. The number of nitrogens with zero attached hydrogens (tertiary/aromatic N) is 2. The van der Waals surface area contributed by atoms with Crippen LogP contribution in [0, 0.1) is 11.8 Å². The lowest BCUT2D eigenvalue weighted by Gasteiger charge is -2.54. The largest absolute Gasteiger partial charge is 0.374 e. The van der Waals surface area contributed by atoms with Crippen molar-refractivity contribution in [3.8, 4) is 0 Å². The fourth-order valence-corrected chi connectivity index (χ4v) is 4.56. The van der Waals surface area contributed by atoms with Gasteiger partial charge in [0.25, 0.3) is 0 Å². The molecule has 3 saturated heterocycles. The maximum atomic E-state index is 12.7. The highest BCUT2D eigenvalue weighted by Crippen LogP contribution is 2.43. The van der Waals surface area contributed by atoms with E-state index in [1.165, 1.54) is 50.9 Å². The number of rotatable bonds is 0. The van der Waals surface area contributed by atoms with Crippen molar-refractivity contribution < 1.29 is 4.79 Å². The summed E-state index contributed by atoms with van der Waals surface area (Å²) in [6, 6.07) is 0.561. The van der Waals surface area contributed by atoms with Crippen LogP contribution in [-0.2, 0) is 4.79 Å². The predicted molar refractivity (Wildman–Crippen MR) is 69.8 cm³/mol. The summed E-state index contributed by atoms with van der Waals surface area (Å²) in [5.74, 6) is 1.38. The van der Waals surface area contributed by atoms with Gasteiger partial charge in [0, 0.05) is 31.4 Å². The average molecular weight is 246 g/mol. The highest BCUT2D eigenvalue weighted by Gasteiger charge is 2.48. The van der Waals surface area contributed by atoms with E-state index in [0.717, 1.165) is 18.9 Å². The van der Waals surface area contributed by atoms with E-state index in [1.807, 2.05) is 0 Å². The smallest absolute Gasteiger partial charge is 0.231 e. The first kappa shape index (κ1) is 10.9. The zero-order chi connectivity index (χ0) is 12.1. The zero-order valence-electron chi connectivity index (χ0n) is 11.0. The highest BCUT2D eigenvalue weighted by atomic mass is 16.2. The molecular weight excluding hydrogens is 224 g/mol. The number of carbonyl (C=O) groups is 1. The molecule has 18 heavy (non-hydrogen) atoms. The van der Waals surface area contributed by atoms with E-state index in [1.54, 1.807) is 0 Å². The average Bonchev–Trinajstić information content (AvgIpc) is 2.44. The van der Waals surface area contributed by atoms with Gasteiger partial charge in [0.05, 0.1) is 5.92 Å². The number of piperidine rings is 3. The molecule has 4 heterocycles. The Kier molecular flexibility index (Phi) is 2.42. The van der Waals surface area contributed by atoms with Crippen molar-refractivity contribution in [2.75, 3.05) is 19.6 Å². The van der Waals surface area contributed by atoms with Crippen molar-refractivity contribution in [2.45, 2.75) is 44.6 Å². The van der Waals surface area contributed by atoms with E-state index >= 15 is 0 Å². The number of carbonyl (C=O) groups excluding carboxylic acids is 1. The molecule has 0 saturated carbocycles. The number of allylic oxidation sites excluding steroid dienone is 1. The second kappa shape index (κ2) is 4.01. The van der Waals surface area contributed by atoms with Gasteiger partial charge in [-0.1, -0.05) is 6.08 Å². The number of hydrogen-bond acceptors (Lipinski definition) is 2. The van der Waals surface area contributed by atoms with Gasteiger partial charge in [0.1, 0.15) is 0 Å². The Bertz CT molecular complexity index is 403. The molecule has 0 unspecified atom stereocenters. The van der Waals surface area contributed by atoms with Gasteiger partial charge in [0.15, 0.2) is 0 Å². The van der Waals surface area contributed by atoms with Gasteiger partial charge in [-0.25, -0.2) is 0 Å². The monoisotopic (exact) mass is 246 g/mol. The van der Waals surface area contributed by atoms with Crippen LogP contribution in [0.15, 0.2) is 11.8 Å². The van der Waals surface area contributed by atoms with Crippen LogP contribution in [0.25, 0.3) is 0 Å². The van der Waals surface area contributed by atoms with Gasteiger partial charge in [-0.2, -0.15) is 0 Å². The molecule has 0 aromatic heterocycles. The summed E-state index contributed by atoms with van der Waals surface area (Å²) >= 11 is 0. The molecule has 4 aliphatic heterocycles. The molecule has 1 amide bonds. The van der Waals surface area contributed by atoms with Crippen molar-refractivity contribution in [3.63, 3.8) is 0 Å². The van der Waals surface area contributed by atoms with Crippen LogP contribution in [0.5, 0.6) is 0 Å². The van der Waals surface area contributed by atoms with Crippen LogP contribution in [0.3, 0.4) is 0 Å². The van der Waals surface area contributed by atoms with Gasteiger partial charge in [0.2, 0.25) is 5.91 Å². The topological polar surface area (TPSA) is 23.6 Å². The van der Waals surface area contributed by atoms with Crippen LogP contribution in [-0.4, -0.2) is 41.4 Å². The highest BCUT2D eigenvalue weighted by molar-refractivity contribution is 5.83. The summed E-state index contributed by atoms with van der Waals surface area (Å²) in [7, 11) is 0. The SMILES string of the molecule is O=C1[C@@H]2C[C@@H](CN3CCCC=C23)[C@H]2CCCCN12. The summed E-state index contributed by atoms with van der Waals surface area (Å²) in [5, 5.41) is 0. The van der Waals surface area contributed by atoms with Crippen molar-refractivity contribution in [1.82, 2.24) is 9.80 Å². The minimum Gasteiger partial charge on any atom is -0.374 e. The first-order chi connectivity index (χ1) is 8.84. The Hall–Kier alpha value is -0.990. The molecule has 4 aliphatic rings. The van der Waals surface area contributed by atoms with Crippen LogP contribution in [0.2, 0.25) is 0 Å². The Morgan fingerprint density at radius 1 is 1.17 bits per heavy atom. The fraction of sp³-hybridized carbons (Fsp3) is 0.800. The standard InChI is InChI=1S/C15H22N2O/c18-15-12-9-11(13-5-2-4-8-17(13)15)10-16-7-3-1-6-14(12)16/h6,11-13H,1-5,7-10H2/t11-,12+,13+/m0/s1. The van der Waals surface area contributed by atoms with Crippen LogP contribution < -0.4 is 0 Å². The molecule has 3 atom stereocenters. The molecule has 4 rings (SSSR count). The Morgan fingerprint density at radius 3 is 3.06 bits per heavy atom. The third kappa shape index (κ3) is 1.45. The van der Waals surface area contributed by atoms with Gasteiger partial charge in [-0.3, -0.25) is 4.79 Å². The van der Waals surface area contributed by atoms with E-state index in [0.29, 0.717) is 11.9 Å². The first-order valence-corrected chi connectivity index (χ1v) is 7.60. The minimum absolute atomic E-state index is 0.207. The van der Waals surface area contributed by atoms with Crippen molar-refractivity contribution in [1.29, 1.82) is 0 Å². The predicted octanol–water partition coefficient (Wildman–Crippen LogP) is 2.00. The number of fused-ring (bicyclic) bond motifs is 6. The van der Waals surface area contributed by atoms with Gasteiger partial charge >= 0.3 is 0 Å². The molecule has 0 aromatic carbocycles. The lowest BCUT2D eigenvalue weighted by atomic mass is 9.73. The third-order valence-corrected chi connectivity index (χ3v) is 5.38. The van der Waals surface area contributed by atoms with Crippen molar-refractivity contribution >= 4 is 5.91 Å². The lowest BCUT2D eigenvalue weighted by molar-refractivity contribution is -0.149. The lowest BCUT2D eigenvalue weighted by Crippen LogP contribution is -2.61. The van der Waals surface area contributed by atoms with Crippen LogP contribution in [0.4, 0.5) is 0 Å². The van der Waals surface area contributed by atoms with Gasteiger partial charge in [-0.05, 0) is 44.4 Å². The Morgan fingerprint density at radius 2 is 2.11 bits per heavy atom. The van der Waals surface area contributed by atoms with E-state index in [9.17, 15) is 4.79 Å². The van der Waals surface area contributed by atoms with Crippen molar-refractivity contribution in [2.24, 2.45) is 11.8 Å². The van der Waals surface area contributed by atoms with E-state index in [2.05, 4.69) is 15.9 Å².